The van der Waals surface area contributed by atoms with Gasteiger partial charge in [0.05, 0.1) is 22.3 Å². The summed E-state index contributed by atoms with van der Waals surface area (Å²) in [5, 5.41) is 5.07. The fourth-order valence-electron chi connectivity index (χ4n) is 9.10. The molecule has 1 unspecified atom stereocenters. The van der Waals surface area contributed by atoms with Crippen molar-refractivity contribution in [1.29, 1.82) is 0 Å². The Bertz CT molecular complexity index is 2180. The number of allylic oxidation sites excluding steroid dienone is 1. The number of anilines is 2. The van der Waals surface area contributed by atoms with Crippen molar-refractivity contribution in [3.05, 3.63) is 81.4 Å². The number of hydrogen-bond donors (Lipinski definition) is 3. The topological polar surface area (TPSA) is 152 Å². The van der Waals surface area contributed by atoms with Crippen LogP contribution in [0.4, 0.5) is 15.8 Å². The van der Waals surface area contributed by atoms with Gasteiger partial charge in [-0.2, -0.15) is 0 Å². The Kier molecular flexibility index (Phi) is 6.90. The number of nitrogens with zero attached hydrogens (tertiary/aromatic N) is 3. The first kappa shape index (κ1) is 31.4. The predicted molar refractivity (Wildman–Crippen MR) is 183 cm³/mol. The summed E-state index contributed by atoms with van der Waals surface area (Å²) < 4.78 is 14.1. The molecule has 0 bridgehead atoms. The second kappa shape index (κ2) is 11.2. The second-order valence-corrected chi connectivity index (χ2v) is 14.6. The summed E-state index contributed by atoms with van der Waals surface area (Å²) in [4.78, 5) is 86.2. The van der Waals surface area contributed by atoms with Gasteiger partial charge in [-0.3, -0.25) is 39.0 Å². The molecule has 1 atom stereocenters. The zero-order valence-corrected chi connectivity index (χ0v) is 28.0. The Labute approximate surface area is 292 Å². The molecule has 3 saturated heterocycles. The van der Waals surface area contributed by atoms with Crippen LogP contribution in [0.5, 0.6) is 0 Å². The van der Waals surface area contributed by atoms with Crippen molar-refractivity contribution in [2.75, 3.05) is 36.4 Å². The minimum absolute atomic E-state index is 0.000390. The molecule has 0 saturated carbocycles. The summed E-state index contributed by atoms with van der Waals surface area (Å²) in [5.74, 6) is -2.78. The molecule has 1 aromatic heterocycles. The molecule has 2 aromatic carbocycles. The number of rotatable bonds is 3. The van der Waals surface area contributed by atoms with Crippen LogP contribution in [0.15, 0.2) is 36.4 Å². The molecule has 9 rings (SSSR count). The normalized spacial score (nSPS) is 23.6. The highest BCUT2D eigenvalue weighted by atomic mass is 19.1. The van der Waals surface area contributed by atoms with E-state index >= 15 is 0 Å². The van der Waals surface area contributed by atoms with E-state index in [0.717, 1.165) is 65.5 Å². The highest BCUT2D eigenvalue weighted by molar-refractivity contribution is 6.37. The van der Waals surface area contributed by atoms with Crippen LogP contribution in [0, 0.1) is 18.2 Å². The number of aryl methyl sites for hydroxylation is 1. The molecule has 6 aliphatic rings. The zero-order valence-electron chi connectivity index (χ0n) is 28.0. The third kappa shape index (κ3) is 4.77. The fourth-order valence-corrected chi connectivity index (χ4v) is 9.10. The standard InChI is InChI=1S/C38H35FN6O6/c1-19-30(23-5-6-24(32(23)40-19)31-26-16-20(39)2-7-27(26)41-34(31)48)37(51)43-13-10-38(11-14-43)12-15-44(18-38)21-3-4-22-25(17-21)36(50)45(35(22)49)28-8-9-29(46)42-33(28)47/h2-4,7,16-17,28,40H,5-6,8-15,18H2,1H3,(H,41,48)(H,42,46,47). The highest BCUT2D eigenvalue weighted by Gasteiger charge is 2.46. The zero-order chi connectivity index (χ0) is 35.3. The molecule has 6 heterocycles. The molecule has 260 valence electrons. The van der Waals surface area contributed by atoms with E-state index in [1.54, 1.807) is 18.2 Å². The first-order valence-electron chi connectivity index (χ1n) is 17.5. The van der Waals surface area contributed by atoms with Crippen molar-refractivity contribution >= 4 is 58.0 Å². The van der Waals surface area contributed by atoms with Gasteiger partial charge in [0.15, 0.2) is 0 Å². The van der Waals surface area contributed by atoms with Crippen LogP contribution >= 0.6 is 0 Å². The molecule has 3 fully saturated rings. The third-order valence-corrected chi connectivity index (χ3v) is 11.8. The number of likely N-dealkylation sites (tertiary alicyclic amines) is 1. The number of piperidine rings is 2. The molecular formula is C38H35FN6O6. The number of carbonyl (C=O) groups excluding carboxylic acids is 6. The molecule has 0 radical (unpaired) electrons. The largest absolute Gasteiger partial charge is 0.371 e. The van der Waals surface area contributed by atoms with E-state index in [1.807, 2.05) is 17.9 Å². The number of benzene rings is 2. The van der Waals surface area contributed by atoms with Gasteiger partial charge in [-0.1, -0.05) is 0 Å². The lowest BCUT2D eigenvalue weighted by Gasteiger charge is -2.39. The lowest BCUT2D eigenvalue weighted by Crippen LogP contribution is -2.54. The monoisotopic (exact) mass is 690 g/mol. The van der Waals surface area contributed by atoms with Crippen molar-refractivity contribution in [3.63, 3.8) is 0 Å². The number of imide groups is 2. The average Bonchev–Trinajstić information content (AvgIpc) is 3.90. The first-order valence-corrected chi connectivity index (χ1v) is 17.5. The van der Waals surface area contributed by atoms with Crippen LogP contribution in [-0.2, 0) is 20.8 Å². The van der Waals surface area contributed by atoms with E-state index in [1.165, 1.54) is 12.1 Å². The molecule has 1 aliphatic carbocycles. The van der Waals surface area contributed by atoms with Crippen molar-refractivity contribution in [2.45, 2.75) is 57.9 Å². The number of fused-ring (bicyclic) bond motifs is 3. The van der Waals surface area contributed by atoms with Gasteiger partial charge in [0.25, 0.3) is 23.6 Å². The van der Waals surface area contributed by atoms with Crippen molar-refractivity contribution in [1.82, 2.24) is 20.1 Å². The minimum Gasteiger partial charge on any atom is -0.371 e. The Hall–Kier alpha value is -5.59. The number of aromatic amines is 1. The molecule has 12 nitrogen and oxygen atoms in total. The first-order chi connectivity index (χ1) is 24.5. The Morgan fingerprint density at radius 2 is 1.63 bits per heavy atom. The Morgan fingerprint density at radius 3 is 2.41 bits per heavy atom. The summed E-state index contributed by atoms with van der Waals surface area (Å²) in [5.41, 5.74) is 6.86. The van der Waals surface area contributed by atoms with E-state index in [2.05, 4.69) is 20.5 Å². The van der Waals surface area contributed by atoms with Crippen LogP contribution in [0.25, 0.3) is 11.1 Å². The molecule has 1 spiro atoms. The van der Waals surface area contributed by atoms with Crippen LogP contribution in [0.2, 0.25) is 0 Å². The van der Waals surface area contributed by atoms with Crippen LogP contribution in [-0.4, -0.2) is 82.4 Å². The maximum absolute atomic E-state index is 14.1. The van der Waals surface area contributed by atoms with E-state index in [0.29, 0.717) is 48.3 Å². The average molecular weight is 691 g/mol. The molecular weight excluding hydrogens is 655 g/mol. The Morgan fingerprint density at radius 1 is 0.863 bits per heavy atom. The van der Waals surface area contributed by atoms with Gasteiger partial charge in [0.2, 0.25) is 11.8 Å². The van der Waals surface area contributed by atoms with Crippen LogP contribution in [0.1, 0.15) is 92.1 Å². The molecule has 5 aliphatic heterocycles. The summed E-state index contributed by atoms with van der Waals surface area (Å²) in [6.45, 7) is 4.62. The summed E-state index contributed by atoms with van der Waals surface area (Å²) in [6.07, 6.45) is 3.95. The third-order valence-electron chi connectivity index (χ3n) is 11.8. The van der Waals surface area contributed by atoms with Gasteiger partial charge in [0, 0.05) is 60.9 Å². The van der Waals surface area contributed by atoms with Gasteiger partial charge in [-0.25, -0.2) is 4.39 Å². The number of carbonyl (C=O) groups is 6. The number of amides is 6. The van der Waals surface area contributed by atoms with Crippen LogP contribution < -0.4 is 15.5 Å². The quantitative estimate of drug-likeness (QED) is 0.279. The summed E-state index contributed by atoms with van der Waals surface area (Å²) in [6, 6.07) is 8.51. The van der Waals surface area contributed by atoms with Gasteiger partial charge in [-0.15, -0.1) is 0 Å². The maximum Gasteiger partial charge on any atom is 0.262 e. The van der Waals surface area contributed by atoms with Crippen LogP contribution in [0.3, 0.4) is 0 Å². The Balaban J connectivity index is 0.889. The van der Waals surface area contributed by atoms with E-state index in [-0.39, 0.29) is 41.2 Å². The smallest absolute Gasteiger partial charge is 0.262 e. The summed E-state index contributed by atoms with van der Waals surface area (Å²) >= 11 is 0. The second-order valence-electron chi connectivity index (χ2n) is 14.6. The van der Waals surface area contributed by atoms with Gasteiger partial charge >= 0.3 is 0 Å². The van der Waals surface area contributed by atoms with Gasteiger partial charge in [0.1, 0.15) is 11.9 Å². The molecule has 3 aromatic rings. The fraction of sp³-hybridized carbons (Fsp3) is 0.368. The highest BCUT2D eigenvalue weighted by Crippen LogP contribution is 2.46. The predicted octanol–water partition coefficient (Wildman–Crippen LogP) is 3.81. The van der Waals surface area contributed by atoms with Crippen molar-refractivity contribution in [2.24, 2.45) is 5.41 Å². The molecule has 51 heavy (non-hydrogen) atoms. The SMILES string of the molecule is Cc1[nH]c2c(c1C(=O)N1CCC3(CC1)CCN(c1ccc4c(c1)C(=O)N(C1CCC(=O)NC1=O)C4=O)C3)CCC2=C1C(=O)Nc2ccc(F)cc21. The maximum atomic E-state index is 14.1. The number of halogens is 1. The van der Waals surface area contributed by atoms with E-state index < -0.39 is 35.5 Å². The number of nitrogens with one attached hydrogen (secondary N) is 3. The van der Waals surface area contributed by atoms with Crippen molar-refractivity contribution < 1.29 is 33.2 Å². The van der Waals surface area contributed by atoms with E-state index in [4.69, 9.17) is 0 Å². The molecule has 3 N–H and O–H groups in total. The van der Waals surface area contributed by atoms with Crippen molar-refractivity contribution in [3.8, 4) is 0 Å². The summed E-state index contributed by atoms with van der Waals surface area (Å²) in [7, 11) is 0. The number of H-pyrrole nitrogens is 1. The molecule has 6 amide bonds. The molecule has 13 heteroatoms. The van der Waals surface area contributed by atoms with Gasteiger partial charge < -0.3 is 20.1 Å². The lowest BCUT2D eigenvalue weighted by atomic mass is 9.77. The number of hydrogen-bond acceptors (Lipinski definition) is 7. The van der Waals surface area contributed by atoms with Gasteiger partial charge in [-0.05, 0) is 98.4 Å². The van der Waals surface area contributed by atoms with E-state index in [9.17, 15) is 33.2 Å². The number of aromatic nitrogens is 1. The minimum atomic E-state index is -1.01. The lowest BCUT2D eigenvalue weighted by molar-refractivity contribution is -0.136.